The van der Waals surface area contributed by atoms with Crippen molar-refractivity contribution >= 4 is 40.9 Å². The van der Waals surface area contributed by atoms with Crippen LogP contribution in [-0.4, -0.2) is 34.9 Å². The molecule has 0 aliphatic carbocycles. The van der Waals surface area contributed by atoms with Gasteiger partial charge in [-0.1, -0.05) is 23.2 Å². The van der Waals surface area contributed by atoms with Crippen LogP contribution in [0.25, 0.3) is 0 Å². The van der Waals surface area contributed by atoms with Crippen LogP contribution in [0.2, 0.25) is 10.0 Å². The zero-order valence-corrected chi connectivity index (χ0v) is 10.8. The molecule has 0 heterocycles. The van der Waals surface area contributed by atoms with Crippen LogP contribution >= 0.6 is 23.2 Å². The van der Waals surface area contributed by atoms with E-state index in [1.807, 2.05) is 5.32 Å². The summed E-state index contributed by atoms with van der Waals surface area (Å²) >= 11 is 11.0. The van der Waals surface area contributed by atoms with Gasteiger partial charge in [0.05, 0.1) is 16.7 Å². The maximum atomic E-state index is 13.1. The van der Waals surface area contributed by atoms with Gasteiger partial charge in [-0.15, -0.1) is 0 Å². The molecule has 4 N–H and O–H groups in total. The largest absolute Gasteiger partial charge is 0.480 e. The third-order valence-corrected chi connectivity index (χ3v) is 2.58. The van der Waals surface area contributed by atoms with Crippen molar-refractivity contribution in [2.75, 3.05) is 11.9 Å². The highest BCUT2D eigenvalue weighted by molar-refractivity contribution is 6.35. The minimum Gasteiger partial charge on any atom is -0.480 e. The number of halogens is 3. The fourth-order valence-corrected chi connectivity index (χ4v) is 1.63. The molecule has 0 radical (unpaired) electrons. The zero-order valence-electron chi connectivity index (χ0n) is 9.28. The number of anilines is 1. The van der Waals surface area contributed by atoms with Crippen molar-refractivity contribution in [3.05, 3.63) is 28.0 Å². The van der Waals surface area contributed by atoms with Gasteiger partial charge in [-0.3, -0.25) is 0 Å². The molecule has 1 unspecified atom stereocenters. The fraction of sp³-hybridized carbons (Fsp3) is 0.200. The van der Waals surface area contributed by atoms with Gasteiger partial charge in [0, 0.05) is 5.69 Å². The molecular formula is C10H9Cl2FN2O4. The van der Waals surface area contributed by atoms with Crippen LogP contribution in [0.5, 0.6) is 0 Å². The average molecular weight is 311 g/mol. The molecule has 1 aromatic carbocycles. The summed E-state index contributed by atoms with van der Waals surface area (Å²) in [6.45, 7) is -0.770. The number of aliphatic hydroxyl groups is 1. The van der Waals surface area contributed by atoms with Gasteiger partial charge < -0.3 is 20.8 Å². The lowest BCUT2D eigenvalue weighted by atomic mass is 10.3. The fourth-order valence-electron chi connectivity index (χ4n) is 1.14. The molecule has 0 spiro atoms. The monoisotopic (exact) mass is 310 g/mol. The van der Waals surface area contributed by atoms with E-state index in [1.165, 1.54) is 0 Å². The summed E-state index contributed by atoms with van der Waals surface area (Å²) < 4.78 is 13.1. The van der Waals surface area contributed by atoms with E-state index in [0.717, 1.165) is 12.1 Å². The first kappa shape index (κ1) is 15.5. The Labute approximate surface area is 117 Å². The number of carbonyl (C=O) groups is 2. The average Bonchev–Trinajstić information content (AvgIpc) is 2.32. The minimum atomic E-state index is -1.45. The van der Waals surface area contributed by atoms with Gasteiger partial charge >= 0.3 is 12.0 Å². The summed E-state index contributed by atoms with van der Waals surface area (Å²) in [5.74, 6) is -2.22. The van der Waals surface area contributed by atoms with Gasteiger partial charge in [0.1, 0.15) is 0 Å². The molecule has 6 nitrogen and oxygen atoms in total. The Hall–Kier alpha value is -1.57. The highest BCUT2D eigenvalue weighted by Gasteiger charge is 2.19. The van der Waals surface area contributed by atoms with Gasteiger partial charge in [-0.2, -0.15) is 0 Å². The Bertz CT molecular complexity index is 489. The summed E-state index contributed by atoms with van der Waals surface area (Å²) in [7, 11) is 0. The van der Waals surface area contributed by atoms with Crippen LogP contribution < -0.4 is 10.6 Å². The zero-order chi connectivity index (χ0) is 14.6. The molecule has 1 atom stereocenters. The summed E-state index contributed by atoms with van der Waals surface area (Å²) in [5.41, 5.74) is 0.0796. The molecule has 0 saturated heterocycles. The third-order valence-electron chi connectivity index (χ3n) is 2.03. The molecule has 1 rings (SSSR count). The van der Waals surface area contributed by atoms with Crippen LogP contribution in [0.4, 0.5) is 14.9 Å². The summed E-state index contributed by atoms with van der Waals surface area (Å²) in [6.07, 6.45) is 0. The molecule has 0 aliphatic rings. The molecule has 0 aliphatic heterocycles. The Morgan fingerprint density at radius 2 is 1.84 bits per heavy atom. The lowest BCUT2D eigenvalue weighted by Crippen LogP contribution is -2.45. The van der Waals surface area contributed by atoms with Gasteiger partial charge in [-0.25, -0.2) is 14.0 Å². The van der Waals surface area contributed by atoms with Crippen molar-refractivity contribution in [3.8, 4) is 0 Å². The lowest BCUT2D eigenvalue weighted by molar-refractivity contribution is -0.140. The Kier molecular flexibility index (Phi) is 5.34. The Balaban J connectivity index is 2.75. The van der Waals surface area contributed by atoms with Crippen molar-refractivity contribution in [3.63, 3.8) is 0 Å². The topological polar surface area (TPSA) is 98.7 Å². The van der Waals surface area contributed by atoms with E-state index in [0.29, 0.717) is 0 Å². The van der Waals surface area contributed by atoms with Crippen LogP contribution in [0.15, 0.2) is 12.1 Å². The molecular weight excluding hydrogens is 302 g/mol. The predicted octanol–water partition coefficient (Wildman–Crippen LogP) is 1.70. The van der Waals surface area contributed by atoms with Crippen molar-refractivity contribution in [2.24, 2.45) is 0 Å². The number of carbonyl (C=O) groups excluding carboxylic acids is 1. The van der Waals surface area contributed by atoms with E-state index in [1.54, 1.807) is 0 Å². The summed E-state index contributed by atoms with van der Waals surface area (Å²) in [5, 5.41) is 21.0. The van der Waals surface area contributed by atoms with Crippen molar-refractivity contribution in [1.82, 2.24) is 5.32 Å². The molecule has 2 amide bonds. The first-order valence-corrected chi connectivity index (χ1v) is 5.66. The van der Waals surface area contributed by atoms with Gasteiger partial charge in [0.2, 0.25) is 0 Å². The number of urea groups is 1. The lowest BCUT2D eigenvalue weighted by Gasteiger charge is -2.13. The molecule has 0 bridgehead atoms. The van der Waals surface area contributed by atoms with Gasteiger partial charge in [0.15, 0.2) is 11.9 Å². The van der Waals surface area contributed by atoms with Gasteiger partial charge in [-0.05, 0) is 12.1 Å². The Morgan fingerprint density at radius 3 is 2.26 bits per heavy atom. The SMILES string of the molecule is O=C(Nc1cc(Cl)c(F)c(Cl)c1)NC(CO)C(=O)O. The number of benzene rings is 1. The van der Waals surface area contributed by atoms with Gasteiger partial charge in [0.25, 0.3) is 0 Å². The van der Waals surface area contributed by atoms with E-state index < -0.39 is 30.5 Å². The van der Waals surface area contributed by atoms with E-state index >= 15 is 0 Å². The predicted molar refractivity (Wildman–Crippen MR) is 67.1 cm³/mol. The molecule has 0 fully saturated rings. The Morgan fingerprint density at radius 1 is 1.32 bits per heavy atom. The number of nitrogens with one attached hydrogen (secondary N) is 2. The molecule has 104 valence electrons. The summed E-state index contributed by atoms with van der Waals surface area (Å²) in [6, 6.07) is -0.139. The minimum absolute atomic E-state index is 0.0796. The second-order valence-electron chi connectivity index (χ2n) is 3.43. The standard InChI is InChI=1S/C10H9Cl2FN2O4/c11-5-1-4(2-6(12)8(5)13)14-10(19)15-7(3-16)9(17)18/h1-2,7,16H,3H2,(H,17,18)(H2,14,15,19). The first-order chi connectivity index (χ1) is 8.85. The van der Waals surface area contributed by atoms with Crippen LogP contribution in [-0.2, 0) is 4.79 Å². The number of hydrogen-bond donors (Lipinski definition) is 4. The number of carboxylic acid groups (broad SMARTS) is 1. The number of hydrogen-bond acceptors (Lipinski definition) is 3. The molecule has 9 heteroatoms. The van der Waals surface area contributed by atoms with E-state index in [2.05, 4.69) is 5.32 Å². The molecule has 0 aromatic heterocycles. The quantitative estimate of drug-likeness (QED) is 0.636. The van der Waals surface area contributed by atoms with Crippen LogP contribution in [0.3, 0.4) is 0 Å². The highest BCUT2D eigenvalue weighted by Crippen LogP contribution is 2.27. The third kappa shape index (κ3) is 4.23. The first-order valence-electron chi connectivity index (χ1n) is 4.91. The summed E-state index contributed by atoms with van der Waals surface area (Å²) in [4.78, 5) is 22.0. The van der Waals surface area contributed by atoms with E-state index in [4.69, 9.17) is 33.4 Å². The second kappa shape index (κ2) is 6.55. The second-order valence-corrected chi connectivity index (χ2v) is 4.24. The van der Waals surface area contributed by atoms with Crippen molar-refractivity contribution < 1.29 is 24.2 Å². The molecule has 0 saturated carbocycles. The molecule has 1 aromatic rings. The van der Waals surface area contributed by atoms with Crippen molar-refractivity contribution in [2.45, 2.75) is 6.04 Å². The maximum Gasteiger partial charge on any atom is 0.328 e. The number of amides is 2. The number of rotatable bonds is 4. The van der Waals surface area contributed by atoms with E-state index in [-0.39, 0.29) is 15.7 Å². The normalized spacial score (nSPS) is 11.8. The number of aliphatic carboxylic acids is 1. The van der Waals surface area contributed by atoms with Crippen molar-refractivity contribution in [1.29, 1.82) is 0 Å². The van der Waals surface area contributed by atoms with Crippen LogP contribution in [0.1, 0.15) is 0 Å². The van der Waals surface area contributed by atoms with Crippen LogP contribution in [0, 0.1) is 5.82 Å². The maximum absolute atomic E-state index is 13.1. The number of carboxylic acids is 1. The molecule has 19 heavy (non-hydrogen) atoms. The smallest absolute Gasteiger partial charge is 0.328 e. The number of aliphatic hydroxyl groups excluding tert-OH is 1. The highest BCUT2D eigenvalue weighted by atomic mass is 35.5. The van der Waals surface area contributed by atoms with E-state index in [9.17, 15) is 14.0 Å².